The fraction of sp³-hybridized carbons (Fsp3) is 0.0833. The lowest BCUT2D eigenvalue weighted by Gasteiger charge is -2.10. The normalized spacial score (nSPS) is 10.6. The van der Waals surface area contributed by atoms with Crippen molar-refractivity contribution < 1.29 is 23.9 Å². The number of benzene rings is 3. The van der Waals surface area contributed by atoms with Crippen molar-refractivity contribution in [2.45, 2.75) is 0 Å². The van der Waals surface area contributed by atoms with Gasteiger partial charge in [0, 0.05) is 8.59 Å². The molecule has 0 radical (unpaired) electrons. The van der Waals surface area contributed by atoms with Gasteiger partial charge in [-0.25, -0.2) is 10.2 Å². The maximum atomic E-state index is 12.3. The maximum absolute atomic E-state index is 12.3. The summed E-state index contributed by atoms with van der Waals surface area (Å²) in [4.78, 5) is 36.5. The van der Waals surface area contributed by atoms with E-state index in [2.05, 4.69) is 38.4 Å². The number of carbonyl (C=O) groups is 3. The van der Waals surface area contributed by atoms with Crippen LogP contribution < -0.4 is 20.2 Å². The van der Waals surface area contributed by atoms with Gasteiger partial charge in [-0.3, -0.25) is 9.59 Å². The van der Waals surface area contributed by atoms with E-state index in [9.17, 15) is 14.4 Å². The molecule has 174 valence electrons. The lowest BCUT2D eigenvalue weighted by molar-refractivity contribution is -0.120. The second-order valence-electron chi connectivity index (χ2n) is 6.76. The van der Waals surface area contributed by atoms with E-state index in [4.69, 9.17) is 21.1 Å². The molecular formula is C24H19ClIN3O5. The molecule has 0 fully saturated rings. The van der Waals surface area contributed by atoms with Crippen LogP contribution in [-0.2, 0) is 4.79 Å². The predicted octanol–water partition coefficient (Wildman–Crippen LogP) is 4.05. The summed E-state index contributed by atoms with van der Waals surface area (Å²) >= 11 is 7.89. The molecule has 0 aliphatic rings. The monoisotopic (exact) mass is 591 g/mol. The first-order valence-electron chi connectivity index (χ1n) is 9.88. The van der Waals surface area contributed by atoms with Gasteiger partial charge in [-0.2, -0.15) is 5.10 Å². The largest absolute Gasteiger partial charge is 0.493 e. The average molecular weight is 592 g/mol. The lowest BCUT2D eigenvalue weighted by atomic mass is 10.2. The minimum absolute atomic E-state index is 0.224. The molecule has 0 saturated heterocycles. The van der Waals surface area contributed by atoms with Crippen LogP contribution in [0.3, 0.4) is 0 Å². The minimum atomic E-state index is -0.559. The maximum Gasteiger partial charge on any atom is 0.343 e. The van der Waals surface area contributed by atoms with Gasteiger partial charge in [0.15, 0.2) is 11.5 Å². The number of rotatable bonds is 8. The molecule has 0 unspecified atom stereocenters. The van der Waals surface area contributed by atoms with Crippen LogP contribution in [0.15, 0.2) is 71.8 Å². The first-order chi connectivity index (χ1) is 16.4. The van der Waals surface area contributed by atoms with Gasteiger partial charge >= 0.3 is 5.97 Å². The number of esters is 1. The van der Waals surface area contributed by atoms with Crippen LogP contribution in [0.5, 0.6) is 11.5 Å². The Kier molecular flexibility index (Phi) is 9.00. The number of hydrogen-bond acceptors (Lipinski definition) is 6. The van der Waals surface area contributed by atoms with Crippen LogP contribution in [0.25, 0.3) is 0 Å². The molecule has 3 aromatic rings. The number of methoxy groups -OCH3 is 1. The molecule has 0 bridgehead atoms. The van der Waals surface area contributed by atoms with Crippen LogP contribution in [0.2, 0.25) is 5.02 Å². The SMILES string of the molecule is COc1cc(/C=N\NC(=O)CNC(=O)c2ccccc2I)ccc1OC(=O)c1ccc(Cl)cc1. The Balaban J connectivity index is 1.54. The van der Waals surface area contributed by atoms with Gasteiger partial charge in [-0.05, 0) is 82.8 Å². The molecule has 2 amide bonds. The highest BCUT2D eigenvalue weighted by Gasteiger charge is 2.13. The van der Waals surface area contributed by atoms with Crippen molar-refractivity contribution in [3.8, 4) is 11.5 Å². The second kappa shape index (κ2) is 12.1. The molecule has 34 heavy (non-hydrogen) atoms. The second-order valence-corrected chi connectivity index (χ2v) is 8.36. The molecule has 3 rings (SSSR count). The van der Waals surface area contributed by atoms with E-state index in [0.717, 1.165) is 3.57 Å². The average Bonchev–Trinajstić information content (AvgIpc) is 2.84. The Morgan fingerprint density at radius 3 is 2.47 bits per heavy atom. The van der Waals surface area contributed by atoms with Crippen molar-refractivity contribution in [2.24, 2.45) is 5.10 Å². The summed E-state index contributed by atoms with van der Waals surface area (Å²) in [6.45, 7) is -0.232. The van der Waals surface area contributed by atoms with E-state index in [1.54, 1.807) is 60.7 Å². The van der Waals surface area contributed by atoms with E-state index in [-0.39, 0.29) is 18.2 Å². The van der Waals surface area contributed by atoms with Crippen LogP contribution >= 0.6 is 34.2 Å². The number of carbonyl (C=O) groups excluding carboxylic acids is 3. The van der Waals surface area contributed by atoms with Crippen molar-refractivity contribution in [3.63, 3.8) is 0 Å². The molecule has 0 aliphatic carbocycles. The van der Waals surface area contributed by atoms with Crippen molar-refractivity contribution in [1.29, 1.82) is 0 Å². The Morgan fingerprint density at radius 1 is 1.03 bits per heavy atom. The number of amides is 2. The fourth-order valence-corrected chi connectivity index (χ4v) is 3.47. The fourth-order valence-electron chi connectivity index (χ4n) is 2.71. The Bertz CT molecular complexity index is 1230. The van der Waals surface area contributed by atoms with E-state index < -0.39 is 11.9 Å². The van der Waals surface area contributed by atoms with Crippen LogP contribution in [-0.4, -0.2) is 37.7 Å². The molecule has 2 N–H and O–H groups in total. The highest BCUT2D eigenvalue weighted by atomic mass is 127. The van der Waals surface area contributed by atoms with Gasteiger partial charge in [0.1, 0.15) is 0 Å². The number of hydrogen-bond donors (Lipinski definition) is 2. The number of nitrogens with zero attached hydrogens (tertiary/aromatic N) is 1. The zero-order chi connectivity index (χ0) is 24.5. The summed E-state index contributed by atoms with van der Waals surface area (Å²) in [7, 11) is 1.44. The zero-order valence-electron chi connectivity index (χ0n) is 17.9. The molecule has 3 aromatic carbocycles. The summed E-state index contributed by atoms with van der Waals surface area (Å²) in [5.41, 5.74) is 3.76. The third-order valence-electron chi connectivity index (χ3n) is 4.40. The molecule has 0 aliphatic heterocycles. The van der Waals surface area contributed by atoms with Gasteiger partial charge in [0.2, 0.25) is 0 Å². The Hall–Kier alpha value is -3.44. The zero-order valence-corrected chi connectivity index (χ0v) is 20.8. The van der Waals surface area contributed by atoms with Crippen molar-refractivity contribution in [3.05, 3.63) is 92.0 Å². The molecule has 0 saturated carbocycles. The first kappa shape index (κ1) is 25.2. The number of nitrogens with one attached hydrogen (secondary N) is 2. The Morgan fingerprint density at radius 2 is 1.76 bits per heavy atom. The Labute approximate surface area is 214 Å². The van der Waals surface area contributed by atoms with Gasteiger partial charge in [-0.15, -0.1) is 0 Å². The summed E-state index contributed by atoms with van der Waals surface area (Å²) in [5.74, 6) is -0.867. The topological polar surface area (TPSA) is 106 Å². The standard InChI is InChI=1S/C24H19ClIN3O5/c1-33-21-12-15(6-11-20(21)34-24(32)16-7-9-17(25)10-8-16)13-28-29-22(30)14-27-23(31)18-4-2-3-5-19(18)26/h2-13H,14H2,1H3,(H,27,31)(H,29,30)/b28-13-. The predicted molar refractivity (Wildman–Crippen MR) is 137 cm³/mol. The van der Waals surface area contributed by atoms with Crippen LogP contribution in [0, 0.1) is 3.57 Å². The summed E-state index contributed by atoms with van der Waals surface area (Å²) in [6.07, 6.45) is 1.40. The highest BCUT2D eigenvalue weighted by Crippen LogP contribution is 2.28. The van der Waals surface area contributed by atoms with Gasteiger partial charge < -0.3 is 14.8 Å². The number of halogens is 2. The lowest BCUT2D eigenvalue weighted by Crippen LogP contribution is -2.35. The van der Waals surface area contributed by atoms with E-state index in [1.807, 2.05) is 6.07 Å². The first-order valence-corrected chi connectivity index (χ1v) is 11.3. The highest BCUT2D eigenvalue weighted by molar-refractivity contribution is 14.1. The van der Waals surface area contributed by atoms with E-state index in [1.165, 1.54) is 13.3 Å². The van der Waals surface area contributed by atoms with Gasteiger partial charge in [0.05, 0.1) is 31.0 Å². The van der Waals surface area contributed by atoms with E-state index >= 15 is 0 Å². The quantitative estimate of drug-likeness (QED) is 0.135. The molecule has 10 heteroatoms. The third-order valence-corrected chi connectivity index (χ3v) is 5.59. The molecule has 0 atom stereocenters. The summed E-state index contributed by atoms with van der Waals surface area (Å²) in [5, 5.41) is 6.93. The molecular weight excluding hydrogens is 573 g/mol. The minimum Gasteiger partial charge on any atom is -0.493 e. The molecule has 0 aromatic heterocycles. The number of hydrazone groups is 1. The smallest absolute Gasteiger partial charge is 0.343 e. The van der Waals surface area contributed by atoms with Crippen molar-refractivity contribution >= 4 is 58.2 Å². The molecule has 8 nitrogen and oxygen atoms in total. The van der Waals surface area contributed by atoms with Crippen LogP contribution in [0.1, 0.15) is 26.3 Å². The van der Waals surface area contributed by atoms with Crippen LogP contribution in [0.4, 0.5) is 0 Å². The summed E-state index contributed by atoms with van der Waals surface area (Å²) < 4.78 is 11.5. The van der Waals surface area contributed by atoms with E-state index in [0.29, 0.717) is 27.5 Å². The molecule has 0 spiro atoms. The van der Waals surface area contributed by atoms with Crippen molar-refractivity contribution in [1.82, 2.24) is 10.7 Å². The third kappa shape index (κ3) is 7.03. The molecule has 0 heterocycles. The summed E-state index contributed by atoms with van der Waals surface area (Å²) in [6, 6.07) is 18.2. The van der Waals surface area contributed by atoms with Crippen molar-refractivity contribution in [2.75, 3.05) is 13.7 Å². The van der Waals surface area contributed by atoms with Gasteiger partial charge in [0.25, 0.3) is 11.8 Å². The number of ether oxygens (including phenoxy) is 2. The van der Waals surface area contributed by atoms with Gasteiger partial charge in [-0.1, -0.05) is 23.7 Å².